The van der Waals surface area contributed by atoms with Gasteiger partial charge in [-0.05, 0) is 31.4 Å². The maximum Gasteiger partial charge on any atom is 0.338 e. The number of aldehydes is 1. The van der Waals surface area contributed by atoms with Crippen molar-refractivity contribution in [2.45, 2.75) is 19.3 Å². The normalized spacial score (nSPS) is 15.2. The number of hydrogen-bond acceptors (Lipinski definition) is 4. The first-order valence-electron chi connectivity index (χ1n) is 6.29. The Morgan fingerprint density at radius 3 is 2.58 bits per heavy atom. The summed E-state index contributed by atoms with van der Waals surface area (Å²) in [6.45, 7) is 1.54. The lowest BCUT2D eigenvalue weighted by atomic mass is 10.0. The molecule has 0 bridgehead atoms. The number of ether oxygens (including phenoxy) is 1. The van der Waals surface area contributed by atoms with Gasteiger partial charge in [-0.2, -0.15) is 0 Å². The minimum atomic E-state index is -0.703. The van der Waals surface area contributed by atoms with Crippen molar-refractivity contribution in [3.8, 4) is 0 Å². The van der Waals surface area contributed by atoms with Gasteiger partial charge in [0, 0.05) is 18.7 Å². The predicted octanol–water partition coefficient (Wildman–Crippen LogP) is 2.42. The third-order valence-corrected chi connectivity index (χ3v) is 3.35. The van der Waals surface area contributed by atoms with Crippen LogP contribution in [0.15, 0.2) is 12.1 Å². The molecule has 1 fully saturated rings. The molecule has 0 amide bonds. The fourth-order valence-electron chi connectivity index (χ4n) is 2.34. The van der Waals surface area contributed by atoms with Crippen LogP contribution in [0.3, 0.4) is 0 Å². The van der Waals surface area contributed by atoms with Crippen LogP contribution in [0.1, 0.15) is 40.0 Å². The Hall–Kier alpha value is -1.91. The summed E-state index contributed by atoms with van der Waals surface area (Å²) in [5.74, 6) is -1.20. The maximum atomic E-state index is 14.1. The quantitative estimate of drug-likeness (QED) is 0.622. The summed E-state index contributed by atoms with van der Waals surface area (Å²) >= 11 is 0. The van der Waals surface area contributed by atoms with Crippen molar-refractivity contribution >= 4 is 17.9 Å². The first kappa shape index (κ1) is 13.5. The highest BCUT2D eigenvalue weighted by Crippen LogP contribution is 2.26. The molecular weight excluding hydrogens is 249 g/mol. The Morgan fingerprint density at radius 1 is 1.32 bits per heavy atom. The van der Waals surface area contributed by atoms with Gasteiger partial charge in [0.05, 0.1) is 18.4 Å². The minimum absolute atomic E-state index is 0.0317. The molecule has 102 valence electrons. The highest BCUT2D eigenvalue weighted by atomic mass is 19.1. The van der Waals surface area contributed by atoms with E-state index < -0.39 is 11.8 Å². The van der Waals surface area contributed by atoms with Gasteiger partial charge in [-0.1, -0.05) is 0 Å². The topological polar surface area (TPSA) is 46.6 Å². The summed E-state index contributed by atoms with van der Waals surface area (Å²) < 4.78 is 18.6. The fraction of sp³-hybridized carbons (Fsp3) is 0.429. The molecular formula is C14H16FNO3. The monoisotopic (exact) mass is 265 g/mol. The van der Waals surface area contributed by atoms with Crippen molar-refractivity contribution in [1.82, 2.24) is 0 Å². The van der Waals surface area contributed by atoms with Gasteiger partial charge < -0.3 is 9.64 Å². The summed E-state index contributed by atoms with van der Waals surface area (Å²) in [5, 5.41) is 0. The van der Waals surface area contributed by atoms with Crippen LogP contribution in [0.25, 0.3) is 0 Å². The van der Waals surface area contributed by atoms with Crippen LogP contribution in [0.2, 0.25) is 0 Å². The molecule has 2 rings (SSSR count). The van der Waals surface area contributed by atoms with Crippen LogP contribution < -0.4 is 4.90 Å². The summed E-state index contributed by atoms with van der Waals surface area (Å²) in [6, 6.07) is 2.51. The van der Waals surface area contributed by atoms with E-state index in [1.54, 1.807) is 0 Å². The number of halogens is 1. The fourth-order valence-corrected chi connectivity index (χ4v) is 2.34. The smallest absolute Gasteiger partial charge is 0.338 e. The lowest BCUT2D eigenvalue weighted by molar-refractivity contribution is 0.0598. The second-order valence-corrected chi connectivity index (χ2v) is 4.55. The largest absolute Gasteiger partial charge is 0.465 e. The van der Waals surface area contributed by atoms with Crippen LogP contribution in [-0.2, 0) is 4.74 Å². The van der Waals surface area contributed by atoms with Gasteiger partial charge in [-0.15, -0.1) is 0 Å². The summed E-state index contributed by atoms with van der Waals surface area (Å²) in [4.78, 5) is 24.4. The number of piperidine rings is 1. The molecule has 0 aromatic heterocycles. The van der Waals surface area contributed by atoms with E-state index in [0.717, 1.165) is 38.4 Å². The molecule has 5 heteroatoms. The molecule has 0 atom stereocenters. The van der Waals surface area contributed by atoms with Gasteiger partial charge in [0.15, 0.2) is 6.29 Å². The van der Waals surface area contributed by atoms with Crippen molar-refractivity contribution < 1.29 is 18.7 Å². The molecule has 0 aliphatic carbocycles. The lowest BCUT2D eigenvalue weighted by Gasteiger charge is -2.29. The molecule has 1 heterocycles. The van der Waals surface area contributed by atoms with E-state index in [1.165, 1.54) is 13.2 Å². The van der Waals surface area contributed by atoms with E-state index in [-0.39, 0.29) is 11.1 Å². The Bertz CT molecular complexity index is 496. The van der Waals surface area contributed by atoms with Crippen LogP contribution in [0, 0.1) is 5.82 Å². The highest BCUT2D eigenvalue weighted by Gasteiger charge is 2.20. The van der Waals surface area contributed by atoms with Crippen LogP contribution >= 0.6 is 0 Å². The van der Waals surface area contributed by atoms with Gasteiger partial charge in [-0.3, -0.25) is 4.79 Å². The van der Waals surface area contributed by atoms with E-state index in [1.807, 2.05) is 4.90 Å². The number of hydrogen-bond donors (Lipinski definition) is 0. The number of esters is 1. The van der Waals surface area contributed by atoms with Crippen molar-refractivity contribution in [2.24, 2.45) is 0 Å². The molecule has 4 nitrogen and oxygen atoms in total. The van der Waals surface area contributed by atoms with E-state index in [2.05, 4.69) is 4.74 Å². The Balaban J connectivity index is 2.40. The van der Waals surface area contributed by atoms with Gasteiger partial charge in [-0.25, -0.2) is 9.18 Å². The summed E-state index contributed by atoms with van der Waals surface area (Å²) in [5.41, 5.74) is 0.513. The minimum Gasteiger partial charge on any atom is -0.465 e. The first-order valence-corrected chi connectivity index (χ1v) is 6.29. The predicted molar refractivity (Wildman–Crippen MR) is 69.2 cm³/mol. The van der Waals surface area contributed by atoms with E-state index in [4.69, 9.17) is 0 Å². The second-order valence-electron chi connectivity index (χ2n) is 4.55. The Kier molecular flexibility index (Phi) is 4.14. The average molecular weight is 265 g/mol. The maximum absolute atomic E-state index is 14.1. The number of carbonyl (C=O) groups is 2. The number of anilines is 1. The summed E-state index contributed by atoms with van der Waals surface area (Å²) in [7, 11) is 1.20. The van der Waals surface area contributed by atoms with E-state index >= 15 is 0 Å². The molecule has 0 unspecified atom stereocenters. The lowest BCUT2D eigenvalue weighted by Crippen LogP contribution is -2.30. The van der Waals surface area contributed by atoms with Crippen molar-refractivity contribution in [1.29, 1.82) is 0 Å². The number of benzene rings is 1. The van der Waals surface area contributed by atoms with E-state index in [9.17, 15) is 14.0 Å². The molecule has 1 aliphatic rings. The second kappa shape index (κ2) is 5.82. The number of carbonyl (C=O) groups excluding carboxylic acids is 2. The third kappa shape index (κ3) is 2.75. The van der Waals surface area contributed by atoms with Gasteiger partial charge >= 0.3 is 5.97 Å². The molecule has 1 aliphatic heterocycles. The van der Waals surface area contributed by atoms with Gasteiger partial charge in [0.2, 0.25) is 0 Å². The molecule has 0 saturated carbocycles. The summed E-state index contributed by atoms with van der Waals surface area (Å²) in [6.07, 6.45) is 3.71. The van der Waals surface area contributed by atoms with Crippen LogP contribution in [0.5, 0.6) is 0 Å². The number of nitrogens with zero attached hydrogens (tertiary/aromatic N) is 1. The Morgan fingerprint density at radius 2 is 2.00 bits per heavy atom. The molecule has 1 aromatic rings. The number of rotatable bonds is 3. The molecule has 0 spiro atoms. The number of methoxy groups -OCH3 is 1. The van der Waals surface area contributed by atoms with Gasteiger partial charge in [0.1, 0.15) is 5.82 Å². The zero-order valence-electron chi connectivity index (χ0n) is 10.8. The SMILES string of the molecule is COC(=O)c1cc(F)c(N2CCCCC2)cc1C=O. The zero-order valence-corrected chi connectivity index (χ0v) is 10.8. The van der Waals surface area contributed by atoms with Crippen LogP contribution in [-0.4, -0.2) is 32.5 Å². The first-order chi connectivity index (χ1) is 9.17. The molecule has 0 radical (unpaired) electrons. The van der Waals surface area contributed by atoms with Gasteiger partial charge in [0.25, 0.3) is 0 Å². The molecule has 19 heavy (non-hydrogen) atoms. The third-order valence-electron chi connectivity index (χ3n) is 3.35. The van der Waals surface area contributed by atoms with Crippen molar-refractivity contribution in [3.05, 3.63) is 29.1 Å². The van der Waals surface area contributed by atoms with Crippen molar-refractivity contribution in [2.75, 3.05) is 25.1 Å². The standard InChI is InChI=1S/C14H16FNO3/c1-19-14(18)11-8-12(15)13(7-10(11)9-17)16-5-3-2-4-6-16/h7-9H,2-6H2,1H3. The van der Waals surface area contributed by atoms with Crippen molar-refractivity contribution in [3.63, 3.8) is 0 Å². The molecule has 1 saturated heterocycles. The highest BCUT2D eigenvalue weighted by molar-refractivity contribution is 5.99. The molecule has 1 aromatic carbocycles. The van der Waals surface area contributed by atoms with E-state index in [0.29, 0.717) is 12.0 Å². The molecule has 0 N–H and O–H groups in total. The Labute approximate surface area is 111 Å². The zero-order chi connectivity index (χ0) is 13.8. The average Bonchev–Trinajstić information content (AvgIpc) is 2.47. The van der Waals surface area contributed by atoms with Crippen LogP contribution in [0.4, 0.5) is 10.1 Å².